The lowest BCUT2D eigenvalue weighted by Gasteiger charge is -2.45. The molecule has 0 aliphatic rings. The van der Waals surface area contributed by atoms with E-state index in [9.17, 15) is 24.3 Å². The fourth-order valence-electron chi connectivity index (χ4n) is 7.66. The summed E-state index contributed by atoms with van der Waals surface area (Å²) >= 11 is 0. The minimum atomic E-state index is -2.47. The molecule has 0 radical (unpaired) electrons. The number of ketones is 1. The first kappa shape index (κ1) is 65.6. The lowest BCUT2D eigenvalue weighted by atomic mass is 9.83. The fourth-order valence-corrected chi connectivity index (χ4v) is 12.0. The number of rotatable bonds is 27. The van der Waals surface area contributed by atoms with E-state index in [2.05, 4.69) is 115 Å². The van der Waals surface area contributed by atoms with Crippen molar-refractivity contribution in [1.29, 1.82) is 0 Å². The first-order chi connectivity index (χ1) is 30.5. The second-order valence-electron chi connectivity index (χ2n) is 24.3. The van der Waals surface area contributed by atoms with Gasteiger partial charge in [0, 0.05) is 44.8 Å². The van der Waals surface area contributed by atoms with Gasteiger partial charge < -0.3 is 33.8 Å². The Morgan fingerprint density at radius 3 is 1.46 bits per heavy atom. The summed E-state index contributed by atoms with van der Waals surface area (Å²) in [6.45, 7) is 49.9. The van der Waals surface area contributed by atoms with Crippen molar-refractivity contribution in [3.8, 4) is 0 Å². The van der Waals surface area contributed by atoms with Crippen molar-refractivity contribution in [2.75, 3.05) is 27.7 Å². The van der Waals surface area contributed by atoms with E-state index in [1.807, 2.05) is 39.8 Å². The van der Waals surface area contributed by atoms with Crippen LogP contribution in [0.5, 0.6) is 0 Å². The molecule has 0 bridgehead atoms. The molecule has 0 aliphatic carbocycles. The van der Waals surface area contributed by atoms with E-state index in [4.69, 9.17) is 28.6 Å². The van der Waals surface area contributed by atoms with Crippen LogP contribution in [0.2, 0.25) is 54.4 Å². The Hall–Kier alpha value is -2.45. The van der Waals surface area contributed by atoms with Gasteiger partial charge in [-0.05, 0) is 66.2 Å². The lowest BCUT2D eigenvalue weighted by molar-refractivity contribution is -0.177. The molecule has 0 fully saturated rings. The number of nitrogens with zero attached hydrogens (tertiary/aromatic N) is 2. The van der Waals surface area contributed by atoms with E-state index in [-0.39, 0.29) is 63.0 Å². The molecule has 396 valence electrons. The van der Waals surface area contributed by atoms with E-state index in [1.54, 1.807) is 51.1 Å². The summed E-state index contributed by atoms with van der Waals surface area (Å²) in [5.74, 6) is -3.64. The van der Waals surface area contributed by atoms with Gasteiger partial charge in [0.15, 0.2) is 25.0 Å². The summed E-state index contributed by atoms with van der Waals surface area (Å²) in [6.07, 6.45) is 4.45. The predicted octanol–water partition coefficient (Wildman–Crippen LogP) is 11.2. The fraction of sp³-hybridized carbons (Fsp3) is 0.808. The van der Waals surface area contributed by atoms with Crippen molar-refractivity contribution in [2.24, 2.45) is 47.2 Å². The topological polar surface area (TPSA) is 167 Å². The largest absolute Gasteiger partial charge is 0.445 e. The number of Topliss-reactive ketones (excluding diaryl/α,β-unsaturated/α-hetero) is 1. The number of carbonyl (C=O) groups excluding carboxylic acids is 4. The van der Waals surface area contributed by atoms with E-state index in [0.29, 0.717) is 6.54 Å². The second-order valence-corrected chi connectivity index (χ2v) is 38.6. The summed E-state index contributed by atoms with van der Waals surface area (Å²) in [7, 11) is -2.51. The zero-order valence-corrected chi connectivity index (χ0v) is 50.5. The summed E-state index contributed by atoms with van der Waals surface area (Å²) < 4.78 is 26.8. The van der Waals surface area contributed by atoms with Crippen LogP contribution in [-0.2, 0) is 37.2 Å². The van der Waals surface area contributed by atoms with Gasteiger partial charge >= 0.3 is 6.09 Å². The molecule has 0 saturated heterocycles. The van der Waals surface area contributed by atoms with Crippen LogP contribution in [-0.4, -0.2) is 122 Å². The van der Waals surface area contributed by atoms with E-state index < -0.39 is 79.1 Å². The molecule has 12 atom stereocenters. The van der Waals surface area contributed by atoms with Crippen LogP contribution >= 0.6 is 0 Å². The molecule has 0 rings (SSSR count). The summed E-state index contributed by atoms with van der Waals surface area (Å²) in [4.78, 5) is 61.3. The van der Waals surface area contributed by atoms with E-state index in [1.165, 1.54) is 7.11 Å². The zero-order chi connectivity index (χ0) is 53.9. The number of primary amides is 1. The summed E-state index contributed by atoms with van der Waals surface area (Å²) in [5.41, 5.74) is 5.63. The molecule has 0 aromatic heterocycles. The summed E-state index contributed by atoms with van der Waals surface area (Å²) in [5, 5.41) is 12.1. The van der Waals surface area contributed by atoms with Crippen LogP contribution in [0.1, 0.15) is 117 Å². The van der Waals surface area contributed by atoms with E-state index in [0.717, 1.165) is 5.06 Å². The first-order valence-electron chi connectivity index (χ1n) is 24.8. The Morgan fingerprint density at radius 2 is 1.04 bits per heavy atom. The van der Waals surface area contributed by atoms with Crippen molar-refractivity contribution in [2.45, 2.75) is 202 Å². The average molecular weight is 1010 g/mol. The van der Waals surface area contributed by atoms with Crippen LogP contribution < -0.4 is 5.73 Å². The number of aliphatic hydroxyl groups excluding tert-OH is 1. The maximum Gasteiger partial charge on any atom is 0.404 e. The molecule has 16 heteroatoms. The smallest absolute Gasteiger partial charge is 0.404 e. The number of hydroxylamine groups is 2. The Labute approximate surface area is 418 Å². The van der Waals surface area contributed by atoms with Gasteiger partial charge in [-0.25, -0.2) is 9.86 Å². The Balaban J connectivity index is 6.92. The second kappa shape index (κ2) is 26.3. The van der Waals surface area contributed by atoms with Crippen LogP contribution in [0.4, 0.5) is 4.79 Å². The molecule has 68 heavy (non-hydrogen) atoms. The number of nitrogens with two attached hydrogens (primary N) is 1. The number of hydrogen-bond donors (Lipinski definition) is 2. The molecule has 0 aliphatic heterocycles. The third-order valence-corrected chi connectivity index (χ3v) is 28.9. The molecule has 0 saturated carbocycles. The third-order valence-electron chi connectivity index (χ3n) is 15.5. The first-order valence-corrected chi connectivity index (χ1v) is 33.5. The highest BCUT2D eigenvalue weighted by molar-refractivity contribution is 6.75. The molecule has 0 aromatic carbocycles. The van der Waals surface area contributed by atoms with Crippen molar-refractivity contribution in [1.82, 2.24) is 9.96 Å². The quantitative estimate of drug-likeness (QED) is 0.0350. The number of hydrogen-bond acceptors (Lipinski definition) is 10. The van der Waals surface area contributed by atoms with Crippen molar-refractivity contribution >= 4 is 48.6 Å². The number of carbonyl (C=O) groups is 4. The van der Waals surface area contributed by atoms with Crippen LogP contribution in [0.15, 0.2) is 37.0 Å². The van der Waals surface area contributed by atoms with Crippen molar-refractivity contribution < 1.29 is 47.1 Å². The molecule has 0 aromatic rings. The highest BCUT2D eigenvalue weighted by Gasteiger charge is 2.48. The minimum absolute atomic E-state index is 0.113. The van der Waals surface area contributed by atoms with Crippen LogP contribution in [0.3, 0.4) is 0 Å². The minimum Gasteiger partial charge on any atom is -0.445 e. The predicted molar refractivity (Wildman–Crippen MR) is 286 cm³/mol. The normalized spacial score (nSPS) is 18.9. The van der Waals surface area contributed by atoms with Crippen molar-refractivity contribution in [3.05, 3.63) is 37.0 Å². The highest BCUT2D eigenvalue weighted by atomic mass is 28.4. The molecular formula is C52H101N3O10Si3. The average Bonchev–Trinajstić information content (AvgIpc) is 3.20. The SMILES string of the molecule is C=CC=C[C@H](C)C(OC(N)=O)C(C)C(O[Si](C)(C)C(C)(C)C)C(C)C(=O)N(C)C[C@H](C)[C@@H](O[Si](C)(C)C(C)(C)C)[C@@H](C)C=CC(O)CC(=O)C(C)C(O[Si](C)(C)C(C)(C)C)C(C)C(=O)N(C)OC. The van der Waals surface area contributed by atoms with Gasteiger partial charge in [-0.2, -0.15) is 0 Å². The molecule has 3 amide bonds. The Morgan fingerprint density at radius 1 is 0.632 bits per heavy atom. The zero-order valence-electron chi connectivity index (χ0n) is 47.5. The number of ether oxygens (including phenoxy) is 1. The molecule has 0 spiro atoms. The van der Waals surface area contributed by atoms with Gasteiger partial charge in [-0.3, -0.25) is 19.2 Å². The van der Waals surface area contributed by atoms with Crippen LogP contribution in [0.25, 0.3) is 0 Å². The standard InChI is InChI=1S/C52H101N3O10Si3/c1-27-28-29-34(2)44(62-49(53)60)38(6)46(65-68(25,26)52(15,16)17)39(7)47(58)54(18)33-36(4)43(63-66(21,22)50(9,10)11)35(3)30-31-41(56)32-42(57)37(5)45(40(8)48(59)55(19)61-20)64-67(23,24)51(12,13)14/h27-31,34-41,43-46,56H,1,32-33H2,2-26H3,(H2,53,60)/t34-,35-,36-,37?,38?,39?,40?,41?,43-,44?,45?,46?/m0/s1. The number of allylic oxidation sites excluding steroid dienone is 2. The lowest BCUT2D eigenvalue weighted by Crippen LogP contribution is -2.54. The molecular weight excluding hydrogens is 911 g/mol. The van der Waals surface area contributed by atoms with Gasteiger partial charge in [-0.1, -0.05) is 148 Å². The monoisotopic (exact) mass is 1010 g/mol. The highest BCUT2D eigenvalue weighted by Crippen LogP contribution is 2.43. The summed E-state index contributed by atoms with van der Waals surface area (Å²) in [6, 6.07) is 0. The maximum absolute atomic E-state index is 14.7. The molecule has 13 nitrogen and oxygen atoms in total. The molecule has 8 unspecified atom stereocenters. The van der Waals surface area contributed by atoms with Gasteiger partial charge in [0.2, 0.25) is 5.91 Å². The maximum atomic E-state index is 14.7. The van der Waals surface area contributed by atoms with Gasteiger partial charge in [-0.15, -0.1) is 0 Å². The third kappa shape index (κ3) is 18.9. The van der Waals surface area contributed by atoms with Crippen molar-refractivity contribution in [3.63, 3.8) is 0 Å². The molecule has 0 heterocycles. The van der Waals surface area contributed by atoms with E-state index >= 15 is 0 Å². The van der Waals surface area contributed by atoms with Crippen LogP contribution in [0, 0.1) is 41.4 Å². The van der Waals surface area contributed by atoms with Gasteiger partial charge in [0.05, 0.1) is 43.4 Å². The Kier molecular flexibility index (Phi) is 25.4. The number of aliphatic hydroxyl groups is 1. The van der Waals surface area contributed by atoms with Gasteiger partial charge in [0.1, 0.15) is 11.9 Å². The Bertz CT molecular complexity index is 1700. The molecule has 3 N–H and O–H groups in total. The number of amides is 3. The van der Waals surface area contributed by atoms with Gasteiger partial charge in [0.25, 0.3) is 5.91 Å².